The number of thioether (sulfide) groups is 1. The number of hydrogen-bond acceptors (Lipinski definition) is 8. The molecule has 9 nitrogen and oxygen atoms in total. The van der Waals surface area contributed by atoms with Gasteiger partial charge < -0.3 is 14.8 Å². The first-order valence-electron chi connectivity index (χ1n) is 13.6. The van der Waals surface area contributed by atoms with Gasteiger partial charge in [0.25, 0.3) is 0 Å². The van der Waals surface area contributed by atoms with E-state index in [4.69, 9.17) is 21.1 Å². The van der Waals surface area contributed by atoms with Gasteiger partial charge in [-0.1, -0.05) is 46.8 Å². The predicted octanol–water partition coefficient (Wildman–Crippen LogP) is 6.03. The van der Waals surface area contributed by atoms with Crippen LogP contribution in [0.15, 0.2) is 76.6 Å². The number of thiazole rings is 1. The summed E-state index contributed by atoms with van der Waals surface area (Å²) in [7, 11) is 2.93. The average Bonchev–Trinajstić information content (AvgIpc) is 3.47. The summed E-state index contributed by atoms with van der Waals surface area (Å²) in [6.45, 7) is -0.535. The molecule has 0 radical (unpaired) electrons. The molecule has 3 amide bonds. The first kappa shape index (κ1) is 31.7. The van der Waals surface area contributed by atoms with E-state index in [1.54, 1.807) is 42.5 Å². The van der Waals surface area contributed by atoms with Gasteiger partial charge in [0.2, 0.25) is 17.7 Å². The van der Waals surface area contributed by atoms with Gasteiger partial charge >= 0.3 is 11.0 Å². The SMILES string of the molecule is COc1ccc([C@H]2c3sc(=O)n(CC(=O)Nc4cccc(C(F)(F)F)c4)c3SC3C(=O)N(c4ccc(Cl)cc4)C(=O)C32)cc1OC. The molecule has 1 aromatic heterocycles. The summed E-state index contributed by atoms with van der Waals surface area (Å²) in [5.74, 6) is -2.60. The number of alkyl halides is 3. The highest BCUT2D eigenvalue weighted by molar-refractivity contribution is 8.00. The van der Waals surface area contributed by atoms with Crippen LogP contribution in [0.1, 0.15) is 21.9 Å². The van der Waals surface area contributed by atoms with Crippen LogP contribution in [0.2, 0.25) is 5.02 Å². The maximum absolute atomic E-state index is 14.1. The first-order chi connectivity index (χ1) is 21.9. The lowest BCUT2D eigenvalue weighted by atomic mass is 9.83. The van der Waals surface area contributed by atoms with Gasteiger partial charge in [-0.3, -0.25) is 23.7 Å². The molecule has 3 aromatic carbocycles. The molecule has 4 aromatic rings. The van der Waals surface area contributed by atoms with Crippen molar-refractivity contribution in [2.45, 2.75) is 28.9 Å². The average molecular weight is 690 g/mol. The summed E-state index contributed by atoms with van der Waals surface area (Å²) in [5, 5.41) is 2.20. The first-order valence-corrected chi connectivity index (χ1v) is 15.7. The van der Waals surface area contributed by atoms with Gasteiger partial charge in [-0.05, 0) is 60.2 Å². The third kappa shape index (κ3) is 5.65. The molecule has 2 unspecified atom stereocenters. The normalized spacial score (nSPS) is 19.1. The highest BCUT2D eigenvalue weighted by atomic mass is 35.5. The van der Waals surface area contributed by atoms with Crippen molar-refractivity contribution < 1.29 is 37.0 Å². The molecule has 3 heterocycles. The summed E-state index contributed by atoms with van der Waals surface area (Å²) in [5.41, 5.74) is -0.121. The third-order valence-electron chi connectivity index (χ3n) is 7.68. The zero-order valence-electron chi connectivity index (χ0n) is 24.0. The molecule has 2 aliphatic heterocycles. The molecule has 2 aliphatic rings. The molecule has 46 heavy (non-hydrogen) atoms. The second-order valence-electron chi connectivity index (χ2n) is 10.4. The van der Waals surface area contributed by atoms with Crippen LogP contribution in [0, 0.1) is 5.92 Å². The number of fused-ring (bicyclic) bond motifs is 2. The highest BCUT2D eigenvalue weighted by Crippen LogP contribution is 2.54. The van der Waals surface area contributed by atoms with Crippen LogP contribution < -0.4 is 24.6 Å². The highest BCUT2D eigenvalue weighted by Gasteiger charge is 2.57. The Morgan fingerprint density at radius 1 is 0.957 bits per heavy atom. The Bertz CT molecular complexity index is 1930. The van der Waals surface area contributed by atoms with E-state index in [1.807, 2.05) is 0 Å². The van der Waals surface area contributed by atoms with Crippen molar-refractivity contribution >= 4 is 63.8 Å². The quantitative estimate of drug-likeness (QED) is 0.236. The second-order valence-corrected chi connectivity index (χ2v) is 13.0. The predicted molar refractivity (Wildman–Crippen MR) is 167 cm³/mol. The Morgan fingerprint density at radius 2 is 1.67 bits per heavy atom. The van der Waals surface area contributed by atoms with Crippen molar-refractivity contribution in [1.29, 1.82) is 0 Å². The van der Waals surface area contributed by atoms with E-state index < -0.39 is 58.0 Å². The van der Waals surface area contributed by atoms with Gasteiger partial charge in [0.1, 0.15) is 11.8 Å². The summed E-state index contributed by atoms with van der Waals surface area (Å²) in [4.78, 5) is 55.4. The monoisotopic (exact) mass is 689 g/mol. The van der Waals surface area contributed by atoms with Gasteiger partial charge in [0, 0.05) is 21.5 Å². The fraction of sp³-hybridized carbons (Fsp3) is 0.226. The number of carbonyl (C=O) groups is 3. The molecule has 3 atom stereocenters. The number of benzene rings is 3. The fourth-order valence-corrected chi connectivity index (χ4v) is 8.52. The lowest BCUT2D eigenvalue weighted by Gasteiger charge is -2.31. The Morgan fingerprint density at radius 3 is 2.35 bits per heavy atom. The van der Waals surface area contributed by atoms with E-state index in [2.05, 4.69) is 5.32 Å². The number of imide groups is 1. The Kier molecular flexibility index (Phi) is 8.38. The van der Waals surface area contributed by atoms with E-state index in [9.17, 15) is 32.3 Å². The molecule has 0 aliphatic carbocycles. The molecule has 15 heteroatoms. The number of ether oxygens (including phenoxy) is 2. The minimum absolute atomic E-state index is 0.0944. The van der Waals surface area contributed by atoms with Gasteiger partial charge in [0.15, 0.2) is 11.5 Å². The lowest BCUT2D eigenvalue weighted by molar-refractivity contribution is -0.137. The van der Waals surface area contributed by atoms with Crippen LogP contribution >= 0.6 is 34.7 Å². The van der Waals surface area contributed by atoms with Gasteiger partial charge in [-0.25, -0.2) is 4.90 Å². The fourth-order valence-electron chi connectivity index (χ4n) is 5.62. The topological polar surface area (TPSA) is 107 Å². The molecule has 1 N–H and O–H groups in total. The summed E-state index contributed by atoms with van der Waals surface area (Å²) in [6, 6.07) is 15.5. The van der Waals surface area contributed by atoms with E-state index in [0.717, 1.165) is 46.2 Å². The molecule has 1 saturated heterocycles. The molecule has 6 rings (SSSR count). The Hall–Kier alpha value is -4.27. The standard InChI is InChI=1S/C31H23ClF3N3O6S2/c1-43-20-11-6-15(12-21(20)44-2)23-24-25(28(41)38(27(24)40)19-9-7-17(32)8-10-19)45-29-26(23)46-30(42)37(29)14-22(39)36-18-5-3-4-16(13-18)31(33,34)35/h3-13,23-25H,14H2,1-2H3,(H,36,39)/t23-,24?,25?/m1/s1. The second kappa shape index (κ2) is 12.2. The number of rotatable bonds is 7. The number of carbonyl (C=O) groups excluding carboxylic acids is 3. The minimum atomic E-state index is -4.61. The Labute approximate surface area is 272 Å². The number of hydrogen-bond donors (Lipinski definition) is 1. The summed E-state index contributed by atoms with van der Waals surface area (Å²) < 4.78 is 51.7. The number of aromatic nitrogens is 1. The minimum Gasteiger partial charge on any atom is -0.493 e. The molecular weight excluding hydrogens is 667 g/mol. The van der Waals surface area contributed by atoms with Gasteiger partial charge in [-0.2, -0.15) is 13.2 Å². The van der Waals surface area contributed by atoms with Crippen LogP contribution in [-0.2, 0) is 27.1 Å². The van der Waals surface area contributed by atoms with Crippen molar-refractivity contribution in [3.05, 3.63) is 97.4 Å². The van der Waals surface area contributed by atoms with Crippen LogP contribution in [0.25, 0.3) is 0 Å². The molecule has 1 fully saturated rings. The van der Waals surface area contributed by atoms with Crippen molar-refractivity contribution in [3.8, 4) is 11.5 Å². The smallest absolute Gasteiger partial charge is 0.416 e. The summed E-state index contributed by atoms with van der Waals surface area (Å²) >= 11 is 7.88. The number of nitrogens with one attached hydrogen (secondary N) is 1. The van der Waals surface area contributed by atoms with Crippen LogP contribution in [-0.4, -0.2) is 41.8 Å². The number of methoxy groups -OCH3 is 2. The number of amides is 3. The maximum Gasteiger partial charge on any atom is 0.416 e. The zero-order chi connectivity index (χ0) is 32.9. The van der Waals surface area contributed by atoms with E-state index in [1.165, 1.54) is 24.9 Å². The van der Waals surface area contributed by atoms with Gasteiger partial charge in [-0.15, -0.1) is 0 Å². The van der Waals surface area contributed by atoms with Gasteiger partial charge in [0.05, 0.1) is 36.4 Å². The molecule has 0 bridgehead atoms. The van der Waals surface area contributed by atoms with E-state index in [0.29, 0.717) is 37.7 Å². The van der Waals surface area contributed by atoms with Crippen molar-refractivity contribution in [1.82, 2.24) is 4.57 Å². The van der Waals surface area contributed by atoms with Crippen molar-refractivity contribution in [2.24, 2.45) is 5.92 Å². The van der Waals surface area contributed by atoms with Crippen LogP contribution in [0.4, 0.5) is 24.5 Å². The van der Waals surface area contributed by atoms with Crippen LogP contribution in [0.3, 0.4) is 0 Å². The Balaban J connectivity index is 1.41. The number of anilines is 2. The van der Waals surface area contributed by atoms with Crippen molar-refractivity contribution in [3.63, 3.8) is 0 Å². The summed E-state index contributed by atoms with van der Waals surface area (Å²) in [6.07, 6.45) is -4.61. The van der Waals surface area contributed by atoms with E-state index in [-0.39, 0.29) is 5.69 Å². The van der Waals surface area contributed by atoms with Crippen molar-refractivity contribution in [2.75, 3.05) is 24.4 Å². The third-order valence-corrected chi connectivity index (χ3v) is 10.5. The maximum atomic E-state index is 14.1. The molecule has 238 valence electrons. The molecule has 0 saturated carbocycles. The van der Waals surface area contributed by atoms with Crippen LogP contribution in [0.5, 0.6) is 11.5 Å². The molecular formula is C31H23ClF3N3O6S2. The van der Waals surface area contributed by atoms with E-state index >= 15 is 0 Å². The number of halogens is 4. The number of nitrogens with zero attached hydrogens (tertiary/aromatic N) is 2. The lowest BCUT2D eigenvalue weighted by Crippen LogP contribution is -2.33. The zero-order valence-corrected chi connectivity index (χ0v) is 26.4. The molecule has 0 spiro atoms. The largest absolute Gasteiger partial charge is 0.493 e.